The Morgan fingerprint density at radius 3 is 2.67 bits per heavy atom. The minimum Gasteiger partial charge on any atom is -0.361 e. The standard InChI is InChI=1S/C25H30ClN3O/c1-2-18-6-5-7-21-23(17-28-25(18)21)22(19-8-10-20(26)11-9-19)16-24(30)27-12-15-29-13-3-4-14-29/h5-11,17,22,28H,2-4,12-16H2,1H3,(H,27,30)/p+1/t22-/m1/s1. The number of fused-ring (bicyclic) bond motifs is 1. The lowest BCUT2D eigenvalue weighted by atomic mass is 9.87. The van der Waals surface area contributed by atoms with Gasteiger partial charge in [-0.2, -0.15) is 0 Å². The molecule has 3 N–H and O–H groups in total. The molecule has 1 fully saturated rings. The molecule has 1 aromatic heterocycles. The van der Waals surface area contributed by atoms with E-state index >= 15 is 0 Å². The monoisotopic (exact) mass is 424 g/mol. The van der Waals surface area contributed by atoms with Gasteiger partial charge in [-0.1, -0.05) is 48.9 Å². The number of para-hydroxylation sites is 1. The zero-order valence-electron chi connectivity index (χ0n) is 17.6. The molecule has 0 aliphatic carbocycles. The summed E-state index contributed by atoms with van der Waals surface area (Å²) in [5.74, 6) is 0.0943. The van der Waals surface area contributed by atoms with E-state index in [0.717, 1.165) is 25.1 Å². The molecule has 2 heterocycles. The smallest absolute Gasteiger partial charge is 0.221 e. The van der Waals surface area contributed by atoms with Crippen molar-refractivity contribution in [3.05, 3.63) is 70.4 Å². The number of hydrogen-bond donors (Lipinski definition) is 3. The molecule has 1 aliphatic heterocycles. The minimum absolute atomic E-state index is 0.0118. The molecular weight excluding hydrogens is 394 g/mol. The number of rotatable bonds is 8. The Labute approximate surface area is 183 Å². The largest absolute Gasteiger partial charge is 0.361 e. The summed E-state index contributed by atoms with van der Waals surface area (Å²) in [5, 5.41) is 5.07. The van der Waals surface area contributed by atoms with Gasteiger partial charge in [0.25, 0.3) is 0 Å². The fraction of sp³-hybridized carbons (Fsp3) is 0.400. The van der Waals surface area contributed by atoms with Gasteiger partial charge in [0.2, 0.25) is 5.91 Å². The molecule has 30 heavy (non-hydrogen) atoms. The van der Waals surface area contributed by atoms with Crippen LogP contribution >= 0.6 is 11.6 Å². The van der Waals surface area contributed by atoms with Gasteiger partial charge in [-0.3, -0.25) is 4.79 Å². The molecule has 2 aromatic carbocycles. The number of aromatic nitrogens is 1. The van der Waals surface area contributed by atoms with Crippen LogP contribution in [0.2, 0.25) is 5.02 Å². The zero-order chi connectivity index (χ0) is 20.9. The highest BCUT2D eigenvalue weighted by molar-refractivity contribution is 6.30. The third-order valence-corrected chi connectivity index (χ3v) is 6.62. The Kier molecular flexibility index (Phi) is 6.76. The van der Waals surface area contributed by atoms with Crippen molar-refractivity contribution in [3.8, 4) is 0 Å². The lowest BCUT2D eigenvalue weighted by molar-refractivity contribution is -0.886. The topological polar surface area (TPSA) is 49.3 Å². The van der Waals surface area contributed by atoms with Gasteiger partial charge in [-0.25, -0.2) is 0 Å². The average molecular weight is 425 g/mol. The molecule has 4 rings (SSSR count). The van der Waals surface area contributed by atoms with Crippen LogP contribution in [0.3, 0.4) is 0 Å². The Balaban J connectivity index is 1.56. The first-order valence-corrected chi connectivity index (χ1v) is 11.5. The predicted molar refractivity (Wildman–Crippen MR) is 123 cm³/mol. The summed E-state index contributed by atoms with van der Waals surface area (Å²) < 4.78 is 0. The highest BCUT2D eigenvalue weighted by Crippen LogP contribution is 2.35. The number of likely N-dealkylation sites (tertiary alicyclic amines) is 1. The summed E-state index contributed by atoms with van der Waals surface area (Å²) in [6.45, 7) is 6.40. The number of H-pyrrole nitrogens is 1. The normalized spacial score (nSPS) is 15.5. The van der Waals surface area contributed by atoms with Gasteiger partial charge in [0.15, 0.2) is 0 Å². The summed E-state index contributed by atoms with van der Waals surface area (Å²) >= 11 is 6.12. The van der Waals surface area contributed by atoms with E-state index < -0.39 is 0 Å². The molecule has 4 nitrogen and oxygen atoms in total. The number of aryl methyl sites for hydroxylation is 1. The molecule has 158 valence electrons. The number of halogens is 1. The Bertz CT molecular complexity index is 989. The third-order valence-electron chi connectivity index (χ3n) is 6.36. The van der Waals surface area contributed by atoms with E-state index in [-0.39, 0.29) is 11.8 Å². The van der Waals surface area contributed by atoms with Crippen LogP contribution in [-0.2, 0) is 11.2 Å². The lowest BCUT2D eigenvalue weighted by Crippen LogP contribution is -3.10. The number of nitrogens with one attached hydrogen (secondary N) is 3. The quantitative estimate of drug-likeness (QED) is 0.507. The first-order valence-electron chi connectivity index (χ1n) is 11.1. The average Bonchev–Trinajstić information content (AvgIpc) is 3.42. The molecule has 1 amide bonds. The molecular formula is C25H31ClN3O+. The first-order chi connectivity index (χ1) is 14.7. The van der Waals surface area contributed by atoms with Crippen LogP contribution in [0.25, 0.3) is 10.9 Å². The molecule has 0 bridgehead atoms. The van der Waals surface area contributed by atoms with E-state index in [4.69, 9.17) is 11.6 Å². The van der Waals surface area contributed by atoms with E-state index in [1.165, 1.54) is 48.0 Å². The molecule has 1 atom stereocenters. The highest BCUT2D eigenvalue weighted by atomic mass is 35.5. The maximum atomic E-state index is 12.9. The van der Waals surface area contributed by atoms with Crippen LogP contribution in [0.4, 0.5) is 0 Å². The number of hydrogen-bond acceptors (Lipinski definition) is 1. The van der Waals surface area contributed by atoms with Gasteiger partial charge in [0, 0.05) is 47.3 Å². The molecule has 3 aromatic rings. The summed E-state index contributed by atoms with van der Waals surface area (Å²) in [6, 6.07) is 14.3. The van der Waals surface area contributed by atoms with Crippen LogP contribution in [0.1, 0.15) is 48.8 Å². The second-order valence-electron chi connectivity index (χ2n) is 8.30. The van der Waals surface area contributed by atoms with Crippen LogP contribution in [-0.4, -0.2) is 37.1 Å². The van der Waals surface area contributed by atoms with Gasteiger partial charge >= 0.3 is 0 Å². The second kappa shape index (κ2) is 9.67. The SMILES string of the molecule is CCc1cccc2c([C@H](CC(=O)NCC[NH+]3CCCC3)c3ccc(Cl)cc3)c[nH]c12. The van der Waals surface area contributed by atoms with Crippen molar-refractivity contribution in [2.24, 2.45) is 0 Å². The number of aromatic amines is 1. The van der Waals surface area contributed by atoms with Crippen molar-refractivity contribution < 1.29 is 9.69 Å². The van der Waals surface area contributed by atoms with E-state index in [9.17, 15) is 4.79 Å². The van der Waals surface area contributed by atoms with E-state index in [2.05, 4.69) is 41.6 Å². The van der Waals surface area contributed by atoms with Gasteiger partial charge in [0.1, 0.15) is 0 Å². The molecule has 1 saturated heterocycles. The highest BCUT2D eigenvalue weighted by Gasteiger charge is 2.22. The lowest BCUT2D eigenvalue weighted by Gasteiger charge is -2.18. The van der Waals surface area contributed by atoms with E-state index in [0.29, 0.717) is 11.4 Å². The number of amides is 1. The van der Waals surface area contributed by atoms with Crippen molar-refractivity contribution in [2.45, 2.75) is 38.5 Å². The van der Waals surface area contributed by atoms with E-state index in [1.807, 2.05) is 24.3 Å². The maximum Gasteiger partial charge on any atom is 0.221 e. The zero-order valence-corrected chi connectivity index (χ0v) is 18.4. The van der Waals surface area contributed by atoms with Crippen LogP contribution in [0.15, 0.2) is 48.7 Å². The van der Waals surface area contributed by atoms with Crippen LogP contribution < -0.4 is 10.2 Å². The molecule has 0 unspecified atom stereocenters. The van der Waals surface area contributed by atoms with E-state index in [1.54, 1.807) is 4.90 Å². The summed E-state index contributed by atoms with van der Waals surface area (Å²) in [6.07, 6.45) is 6.09. The fourth-order valence-electron chi connectivity index (χ4n) is 4.69. The van der Waals surface area contributed by atoms with Crippen LogP contribution in [0.5, 0.6) is 0 Å². The van der Waals surface area contributed by atoms with Gasteiger partial charge < -0.3 is 15.2 Å². The summed E-state index contributed by atoms with van der Waals surface area (Å²) in [4.78, 5) is 17.9. The molecule has 5 heteroatoms. The number of quaternary nitrogens is 1. The molecule has 1 aliphatic rings. The minimum atomic E-state index is -0.0118. The number of carbonyl (C=O) groups is 1. The number of benzene rings is 2. The van der Waals surface area contributed by atoms with Gasteiger partial charge in [-0.05, 0) is 35.2 Å². The second-order valence-corrected chi connectivity index (χ2v) is 8.74. The van der Waals surface area contributed by atoms with Crippen molar-refractivity contribution in [1.29, 1.82) is 0 Å². The van der Waals surface area contributed by atoms with Crippen molar-refractivity contribution in [1.82, 2.24) is 10.3 Å². The Morgan fingerprint density at radius 1 is 1.17 bits per heavy atom. The Morgan fingerprint density at radius 2 is 1.93 bits per heavy atom. The maximum absolute atomic E-state index is 12.9. The van der Waals surface area contributed by atoms with Crippen molar-refractivity contribution in [2.75, 3.05) is 26.2 Å². The summed E-state index contributed by atoms with van der Waals surface area (Å²) in [7, 11) is 0. The fourth-order valence-corrected chi connectivity index (χ4v) is 4.81. The first kappa shape index (κ1) is 21.0. The van der Waals surface area contributed by atoms with Crippen LogP contribution in [0, 0.1) is 0 Å². The predicted octanol–water partition coefficient (Wildman–Crippen LogP) is 3.70. The van der Waals surface area contributed by atoms with Crippen molar-refractivity contribution >= 4 is 28.4 Å². The van der Waals surface area contributed by atoms with Gasteiger partial charge in [0.05, 0.1) is 26.2 Å². The van der Waals surface area contributed by atoms with Crippen molar-refractivity contribution in [3.63, 3.8) is 0 Å². The molecule has 0 spiro atoms. The molecule has 0 radical (unpaired) electrons. The summed E-state index contributed by atoms with van der Waals surface area (Å²) in [5.41, 5.74) is 4.75. The van der Waals surface area contributed by atoms with Gasteiger partial charge in [-0.15, -0.1) is 0 Å². The molecule has 0 saturated carbocycles. The number of carbonyl (C=O) groups excluding carboxylic acids is 1. The third kappa shape index (κ3) is 4.71. The Hall–Kier alpha value is -2.30.